The van der Waals surface area contributed by atoms with E-state index in [-0.39, 0.29) is 6.10 Å². The van der Waals surface area contributed by atoms with Crippen LogP contribution < -0.4 is 5.09 Å². The van der Waals surface area contributed by atoms with Gasteiger partial charge in [0, 0.05) is 31.4 Å². The molecule has 1 rings (SSSR count). The zero-order valence-corrected chi connectivity index (χ0v) is 12.1. The van der Waals surface area contributed by atoms with Crippen LogP contribution in [0.2, 0.25) is 0 Å². The Kier molecular flexibility index (Phi) is 6.06. The zero-order valence-electron chi connectivity index (χ0n) is 9.66. The SMILES string of the molecule is CC1CNP(=O)(N(CCCl)CCCl)OC1C. The van der Waals surface area contributed by atoms with E-state index in [4.69, 9.17) is 27.7 Å². The van der Waals surface area contributed by atoms with E-state index in [0.717, 1.165) is 0 Å². The van der Waals surface area contributed by atoms with Crippen LogP contribution in [0.5, 0.6) is 0 Å². The van der Waals surface area contributed by atoms with E-state index in [1.807, 2.05) is 6.92 Å². The summed E-state index contributed by atoms with van der Waals surface area (Å²) in [5, 5.41) is 2.99. The van der Waals surface area contributed by atoms with Crippen LogP contribution in [0.3, 0.4) is 0 Å². The van der Waals surface area contributed by atoms with E-state index in [1.165, 1.54) is 0 Å². The van der Waals surface area contributed by atoms with Gasteiger partial charge in [0.25, 0.3) is 0 Å². The Morgan fingerprint density at radius 1 is 1.38 bits per heavy atom. The van der Waals surface area contributed by atoms with E-state index >= 15 is 0 Å². The summed E-state index contributed by atoms with van der Waals surface area (Å²) in [6.45, 7) is 5.73. The van der Waals surface area contributed by atoms with Crippen molar-refractivity contribution in [3.8, 4) is 0 Å². The predicted molar refractivity (Wildman–Crippen MR) is 68.3 cm³/mol. The molecule has 7 heteroatoms. The average molecular weight is 289 g/mol. The fraction of sp³-hybridized carbons (Fsp3) is 1.00. The van der Waals surface area contributed by atoms with E-state index in [1.54, 1.807) is 4.67 Å². The predicted octanol–water partition coefficient (Wildman–Crippen LogP) is 2.52. The summed E-state index contributed by atoms with van der Waals surface area (Å²) in [6.07, 6.45) is -0.0137. The molecule has 0 aromatic carbocycles. The zero-order chi connectivity index (χ0) is 12.2. The first kappa shape index (κ1) is 14.7. The summed E-state index contributed by atoms with van der Waals surface area (Å²) in [5.41, 5.74) is 0. The molecule has 1 fully saturated rings. The monoisotopic (exact) mass is 288 g/mol. The first-order chi connectivity index (χ1) is 7.53. The van der Waals surface area contributed by atoms with Gasteiger partial charge < -0.3 is 4.52 Å². The number of halogens is 2. The third kappa shape index (κ3) is 3.59. The van der Waals surface area contributed by atoms with Gasteiger partial charge in [-0.25, -0.2) is 9.76 Å². The Balaban J connectivity index is 2.70. The second-order valence-corrected chi connectivity index (χ2v) is 6.89. The molecule has 96 valence electrons. The van der Waals surface area contributed by atoms with Gasteiger partial charge in [0.2, 0.25) is 0 Å². The minimum atomic E-state index is -2.94. The van der Waals surface area contributed by atoms with E-state index in [2.05, 4.69) is 12.0 Å². The molecule has 1 aliphatic rings. The molecule has 0 aromatic heterocycles. The van der Waals surface area contributed by atoms with Crippen LogP contribution >= 0.6 is 30.9 Å². The van der Waals surface area contributed by atoms with Crippen molar-refractivity contribution in [2.24, 2.45) is 5.92 Å². The molecular weight excluding hydrogens is 270 g/mol. The minimum Gasteiger partial charge on any atom is -0.303 e. The van der Waals surface area contributed by atoms with Crippen molar-refractivity contribution in [2.45, 2.75) is 20.0 Å². The molecule has 0 spiro atoms. The van der Waals surface area contributed by atoms with Gasteiger partial charge in [-0.05, 0) is 12.8 Å². The lowest BCUT2D eigenvalue weighted by molar-refractivity contribution is 0.118. The van der Waals surface area contributed by atoms with Crippen LogP contribution in [0.4, 0.5) is 0 Å². The molecule has 0 bridgehead atoms. The molecule has 3 atom stereocenters. The molecule has 1 N–H and O–H groups in total. The molecule has 3 unspecified atom stereocenters. The summed E-state index contributed by atoms with van der Waals surface area (Å²) < 4.78 is 19.9. The molecule has 0 saturated carbocycles. The Bertz CT molecular complexity index is 262. The largest absolute Gasteiger partial charge is 0.343 e. The highest BCUT2D eigenvalue weighted by atomic mass is 35.5. The smallest absolute Gasteiger partial charge is 0.303 e. The normalized spacial score (nSPS) is 35.6. The van der Waals surface area contributed by atoms with Crippen LogP contribution in [0, 0.1) is 5.92 Å². The van der Waals surface area contributed by atoms with Crippen molar-refractivity contribution < 1.29 is 9.09 Å². The van der Waals surface area contributed by atoms with Crippen molar-refractivity contribution in [1.82, 2.24) is 9.76 Å². The lowest BCUT2D eigenvalue weighted by Crippen LogP contribution is -2.42. The highest BCUT2D eigenvalue weighted by molar-refractivity contribution is 7.54. The van der Waals surface area contributed by atoms with Crippen molar-refractivity contribution in [2.75, 3.05) is 31.4 Å². The lowest BCUT2D eigenvalue weighted by atomic mass is 10.1. The highest BCUT2D eigenvalue weighted by Gasteiger charge is 2.38. The van der Waals surface area contributed by atoms with Crippen molar-refractivity contribution >= 4 is 30.9 Å². The van der Waals surface area contributed by atoms with Gasteiger partial charge in [-0.15, -0.1) is 23.2 Å². The summed E-state index contributed by atoms with van der Waals surface area (Å²) in [7, 11) is -2.94. The molecular formula is C9H19Cl2N2O2P. The van der Waals surface area contributed by atoms with Crippen LogP contribution in [-0.4, -0.2) is 42.2 Å². The number of nitrogens with zero attached hydrogens (tertiary/aromatic N) is 1. The van der Waals surface area contributed by atoms with Gasteiger partial charge in [-0.3, -0.25) is 4.57 Å². The summed E-state index contributed by atoms with van der Waals surface area (Å²) in [4.78, 5) is 0. The number of hydrogen-bond donors (Lipinski definition) is 1. The van der Waals surface area contributed by atoms with E-state index < -0.39 is 7.67 Å². The van der Waals surface area contributed by atoms with E-state index in [9.17, 15) is 4.57 Å². The Morgan fingerprint density at radius 2 is 1.94 bits per heavy atom. The fourth-order valence-corrected chi connectivity index (χ4v) is 4.48. The van der Waals surface area contributed by atoms with Gasteiger partial charge >= 0.3 is 7.67 Å². The van der Waals surface area contributed by atoms with Crippen molar-refractivity contribution in [3.63, 3.8) is 0 Å². The fourth-order valence-electron chi connectivity index (χ4n) is 1.53. The molecule has 0 aromatic rings. The van der Waals surface area contributed by atoms with Crippen molar-refractivity contribution in [1.29, 1.82) is 0 Å². The number of rotatable bonds is 5. The third-order valence-corrected chi connectivity index (χ3v) is 5.46. The Labute approximate surface area is 107 Å². The number of nitrogens with one attached hydrogen (secondary N) is 1. The average Bonchev–Trinajstić information content (AvgIpc) is 2.24. The first-order valence-electron chi connectivity index (χ1n) is 5.44. The number of alkyl halides is 2. The van der Waals surface area contributed by atoms with E-state index in [0.29, 0.717) is 37.3 Å². The van der Waals surface area contributed by atoms with Gasteiger partial charge in [-0.1, -0.05) is 6.92 Å². The Hall–Kier alpha value is 0.690. The maximum Gasteiger partial charge on any atom is 0.343 e. The molecule has 0 aliphatic carbocycles. The van der Waals surface area contributed by atoms with Crippen molar-refractivity contribution in [3.05, 3.63) is 0 Å². The molecule has 0 amide bonds. The second-order valence-electron chi connectivity index (χ2n) is 4.00. The number of hydrogen-bond acceptors (Lipinski definition) is 2. The van der Waals surface area contributed by atoms with Crippen LogP contribution in [0.1, 0.15) is 13.8 Å². The topological polar surface area (TPSA) is 41.6 Å². The Morgan fingerprint density at radius 3 is 2.38 bits per heavy atom. The second kappa shape index (κ2) is 6.58. The maximum absolute atomic E-state index is 12.5. The van der Waals surface area contributed by atoms with Crippen LogP contribution in [0.25, 0.3) is 0 Å². The van der Waals surface area contributed by atoms with Crippen LogP contribution in [0.15, 0.2) is 0 Å². The van der Waals surface area contributed by atoms with Gasteiger partial charge in [-0.2, -0.15) is 0 Å². The third-order valence-electron chi connectivity index (χ3n) is 2.78. The quantitative estimate of drug-likeness (QED) is 0.624. The standard InChI is InChI=1S/C9H19Cl2N2O2P/c1-8-7-12-16(14,15-9(8)2)13(5-3-10)6-4-11/h8-9H,3-7H2,1-2H3,(H,12,14). The highest BCUT2D eigenvalue weighted by Crippen LogP contribution is 2.50. The lowest BCUT2D eigenvalue weighted by Gasteiger charge is -2.38. The maximum atomic E-state index is 12.5. The first-order valence-corrected chi connectivity index (χ1v) is 8.09. The molecule has 1 heterocycles. The summed E-state index contributed by atoms with van der Waals surface area (Å²) in [6, 6.07) is 0. The van der Waals surface area contributed by atoms with Gasteiger partial charge in [0.05, 0.1) is 6.10 Å². The minimum absolute atomic E-state index is 0.0137. The van der Waals surface area contributed by atoms with Gasteiger partial charge in [0.1, 0.15) is 0 Å². The molecule has 16 heavy (non-hydrogen) atoms. The molecule has 4 nitrogen and oxygen atoms in total. The molecule has 0 radical (unpaired) electrons. The van der Waals surface area contributed by atoms with Gasteiger partial charge in [0.15, 0.2) is 0 Å². The molecule has 1 aliphatic heterocycles. The van der Waals surface area contributed by atoms with Crippen LogP contribution in [-0.2, 0) is 9.09 Å². The summed E-state index contributed by atoms with van der Waals surface area (Å²) >= 11 is 11.4. The molecule has 1 saturated heterocycles. The summed E-state index contributed by atoms with van der Waals surface area (Å²) in [5.74, 6) is 1.18.